The summed E-state index contributed by atoms with van der Waals surface area (Å²) in [7, 11) is 1.46. The van der Waals surface area contributed by atoms with Crippen LogP contribution < -0.4 is 15.5 Å². The van der Waals surface area contributed by atoms with Gasteiger partial charge in [0.15, 0.2) is 0 Å². The molecule has 9 nitrogen and oxygen atoms in total. The first-order valence-corrected chi connectivity index (χ1v) is 10.7. The molecule has 2 amide bonds. The Bertz CT molecular complexity index is 1400. The third kappa shape index (κ3) is 5.05. The Balaban J connectivity index is 1.48. The molecule has 0 aliphatic heterocycles. The second kappa shape index (κ2) is 10.1. The van der Waals surface area contributed by atoms with E-state index in [4.69, 9.17) is 16.3 Å². The van der Waals surface area contributed by atoms with Gasteiger partial charge in [0.05, 0.1) is 41.7 Å². The summed E-state index contributed by atoms with van der Waals surface area (Å²) in [6, 6.07) is 18.9. The number of hydrogen-bond donors (Lipinski definition) is 2. The Morgan fingerprint density at radius 3 is 2.62 bits per heavy atom. The lowest BCUT2D eigenvalue weighted by atomic mass is 10.1. The number of hydrazone groups is 1. The van der Waals surface area contributed by atoms with E-state index in [-0.39, 0.29) is 11.1 Å². The van der Waals surface area contributed by atoms with Crippen LogP contribution in [-0.4, -0.2) is 39.6 Å². The van der Waals surface area contributed by atoms with E-state index in [1.807, 2.05) is 24.3 Å². The number of nitrogens with one attached hydrogen (secondary N) is 2. The molecular weight excluding hydrogens is 456 g/mol. The van der Waals surface area contributed by atoms with Crippen LogP contribution >= 0.6 is 11.6 Å². The highest BCUT2D eigenvalue weighted by Gasteiger charge is 2.17. The van der Waals surface area contributed by atoms with Crippen molar-refractivity contribution in [1.82, 2.24) is 20.4 Å². The second-order valence-electron chi connectivity index (χ2n) is 7.37. The third-order valence-electron chi connectivity index (χ3n) is 4.97. The monoisotopic (exact) mass is 476 g/mol. The summed E-state index contributed by atoms with van der Waals surface area (Å²) in [6.07, 6.45) is 0. The molecular formula is C24H21ClN6O3. The van der Waals surface area contributed by atoms with E-state index >= 15 is 0 Å². The molecule has 0 saturated carbocycles. The van der Waals surface area contributed by atoms with Crippen LogP contribution in [-0.2, 0) is 6.54 Å². The fourth-order valence-electron chi connectivity index (χ4n) is 3.33. The lowest BCUT2D eigenvalue weighted by Crippen LogP contribution is -2.23. The highest BCUT2D eigenvalue weighted by molar-refractivity contribution is 6.31. The topological polar surface area (TPSA) is 110 Å². The summed E-state index contributed by atoms with van der Waals surface area (Å²) in [4.78, 5) is 25.7. The van der Waals surface area contributed by atoms with Crippen LogP contribution in [0.1, 0.15) is 27.6 Å². The van der Waals surface area contributed by atoms with Gasteiger partial charge in [-0.15, -0.1) is 5.10 Å². The predicted molar refractivity (Wildman–Crippen MR) is 131 cm³/mol. The summed E-state index contributed by atoms with van der Waals surface area (Å²) in [6.45, 7) is 2.13. The number of para-hydroxylation sites is 2. The van der Waals surface area contributed by atoms with Gasteiger partial charge >= 0.3 is 0 Å². The van der Waals surface area contributed by atoms with Gasteiger partial charge in [0.1, 0.15) is 11.3 Å². The molecule has 0 aliphatic rings. The highest BCUT2D eigenvalue weighted by atomic mass is 35.5. The number of rotatable bonds is 7. The molecule has 4 aromatic rings. The molecule has 0 unspecified atom stereocenters. The first-order valence-electron chi connectivity index (χ1n) is 10.3. The van der Waals surface area contributed by atoms with Crippen LogP contribution in [0.15, 0.2) is 71.8 Å². The summed E-state index contributed by atoms with van der Waals surface area (Å²) < 4.78 is 6.94. The number of ether oxygens (including phenoxy) is 1. The molecule has 172 valence electrons. The zero-order valence-corrected chi connectivity index (χ0v) is 19.2. The number of hydrogen-bond acceptors (Lipinski definition) is 6. The van der Waals surface area contributed by atoms with Crippen molar-refractivity contribution in [1.29, 1.82) is 0 Å². The van der Waals surface area contributed by atoms with Crippen molar-refractivity contribution in [3.63, 3.8) is 0 Å². The second-order valence-corrected chi connectivity index (χ2v) is 7.80. The third-order valence-corrected chi connectivity index (χ3v) is 5.21. The number of anilines is 1. The summed E-state index contributed by atoms with van der Waals surface area (Å²) in [5.74, 6) is -0.571. The summed E-state index contributed by atoms with van der Waals surface area (Å²) >= 11 is 6.03. The van der Waals surface area contributed by atoms with Crippen molar-refractivity contribution < 1.29 is 14.3 Å². The molecule has 10 heteroatoms. The normalized spacial score (nSPS) is 11.3. The van der Waals surface area contributed by atoms with Gasteiger partial charge in [-0.3, -0.25) is 9.59 Å². The van der Waals surface area contributed by atoms with Gasteiger partial charge in [0, 0.05) is 5.02 Å². The van der Waals surface area contributed by atoms with Gasteiger partial charge in [-0.1, -0.05) is 41.1 Å². The van der Waals surface area contributed by atoms with Crippen LogP contribution in [0, 0.1) is 0 Å². The Morgan fingerprint density at radius 1 is 1.03 bits per heavy atom. The number of nitrogens with zero attached hydrogens (tertiary/aromatic N) is 4. The first kappa shape index (κ1) is 22.9. The molecule has 0 radical (unpaired) electrons. The van der Waals surface area contributed by atoms with Crippen LogP contribution in [0.2, 0.25) is 5.02 Å². The largest absolute Gasteiger partial charge is 0.496 e. The highest BCUT2D eigenvalue weighted by Crippen LogP contribution is 2.24. The molecule has 4 rings (SSSR count). The minimum absolute atomic E-state index is 0.249. The minimum atomic E-state index is -0.475. The molecule has 3 aromatic carbocycles. The van der Waals surface area contributed by atoms with Crippen LogP contribution in [0.25, 0.3) is 11.0 Å². The summed E-state index contributed by atoms with van der Waals surface area (Å²) in [5, 5.41) is 15.5. The summed E-state index contributed by atoms with van der Waals surface area (Å²) in [5.41, 5.74) is 5.62. The fraction of sp³-hybridized carbons (Fsp3) is 0.125. The standard InChI is InChI=1S/C24H21ClN6O3/c1-15(14-31-21-10-6-5-9-20(21)28-30-31)27-29-24(33)17-7-3-4-8-19(17)26-23(32)18-13-16(25)11-12-22(18)34-2/h3-13H,14H2,1-2H3,(H,26,32)(H,29,33)/b27-15-. The maximum atomic E-state index is 12.8. The molecule has 1 heterocycles. The maximum absolute atomic E-state index is 12.8. The number of carbonyl (C=O) groups is 2. The van der Waals surface area contributed by atoms with Crippen molar-refractivity contribution >= 4 is 45.8 Å². The van der Waals surface area contributed by atoms with Crippen molar-refractivity contribution in [2.45, 2.75) is 13.5 Å². The molecule has 0 atom stereocenters. The van der Waals surface area contributed by atoms with Crippen molar-refractivity contribution in [3.05, 3.63) is 82.9 Å². The van der Waals surface area contributed by atoms with Crippen molar-refractivity contribution in [3.8, 4) is 5.75 Å². The number of aromatic nitrogens is 3. The van der Waals surface area contributed by atoms with Crippen LogP contribution in [0.5, 0.6) is 5.75 Å². The number of fused-ring (bicyclic) bond motifs is 1. The zero-order chi connectivity index (χ0) is 24.1. The van der Waals surface area contributed by atoms with Gasteiger partial charge < -0.3 is 10.1 Å². The smallest absolute Gasteiger partial charge is 0.273 e. The Kier molecular flexibility index (Phi) is 6.84. The number of carbonyl (C=O) groups excluding carboxylic acids is 2. The van der Waals surface area contributed by atoms with E-state index in [1.54, 1.807) is 48.0 Å². The van der Waals surface area contributed by atoms with Crippen LogP contribution in [0.4, 0.5) is 5.69 Å². The Hall–Kier alpha value is -4.24. The van der Waals surface area contributed by atoms with Gasteiger partial charge in [-0.25, -0.2) is 10.1 Å². The van der Waals surface area contributed by atoms with Crippen LogP contribution in [0.3, 0.4) is 0 Å². The van der Waals surface area contributed by atoms with Gasteiger partial charge in [-0.2, -0.15) is 5.10 Å². The average molecular weight is 477 g/mol. The number of amides is 2. The molecule has 0 bridgehead atoms. The Labute approximate surface area is 200 Å². The van der Waals surface area contributed by atoms with E-state index in [2.05, 4.69) is 26.2 Å². The SMILES string of the molecule is COc1ccc(Cl)cc1C(=O)Nc1ccccc1C(=O)N/N=C(/C)Cn1nnc2ccccc21. The average Bonchev–Trinajstić information content (AvgIpc) is 3.25. The van der Waals surface area contributed by atoms with E-state index in [0.717, 1.165) is 11.0 Å². The number of benzene rings is 3. The number of halogens is 1. The van der Waals surface area contributed by atoms with Crippen molar-refractivity contribution in [2.24, 2.45) is 5.10 Å². The molecule has 0 spiro atoms. The van der Waals surface area contributed by atoms with Gasteiger partial charge in [0.25, 0.3) is 11.8 Å². The fourth-order valence-corrected chi connectivity index (χ4v) is 3.50. The lowest BCUT2D eigenvalue weighted by molar-refractivity contribution is 0.0955. The molecule has 34 heavy (non-hydrogen) atoms. The molecule has 0 fully saturated rings. The van der Waals surface area contributed by atoms with E-state index in [1.165, 1.54) is 13.2 Å². The zero-order valence-electron chi connectivity index (χ0n) is 18.4. The quantitative estimate of drug-likeness (QED) is 0.307. The van der Waals surface area contributed by atoms with Gasteiger partial charge in [-0.05, 0) is 49.4 Å². The van der Waals surface area contributed by atoms with E-state index < -0.39 is 11.8 Å². The lowest BCUT2D eigenvalue weighted by Gasteiger charge is -2.12. The number of methoxy groups -OCH3 is 1. The van der Waals surface area contributed by atoms with E-state index in [0.29, 0.717) is 28.7 Å². The predicted octanol–water partition coefficient (Wildman–Crippen LogP) is 4.15. The van der Waals surface area contributed by atoms with E-state index in [9.17, 15) is 9.59 Å². The first-order chi connectivity index (χ1) is 16.5. The Morgan fingerprint density at radius 2 is 1.79 bits per heavy atom. The molecule has 1 aromatic heterocycles. The van der Waals surface area contributed by atoms with Gasteiger partial charge in [0.2, 0.25) is 0 Å². The maximum Gasteiger partial charge on any atom is 0.273 e. The van der Waals surface area contributed by atoms with Crippen molar-refractivity contribution in [2.75, 3.05) is 12.4 Å². The minimum Gasteiger partial charge on any atom is -0.496 e. The molecule has 2 N–H and O–H groups in total. The molecule has 0 aliphatic carbocycles. The molecule has 0 saturated heterocycles.